The van der Waals surface area contributed by atoms with Crippen LogP contribution in [0.2, 0.25) is 0 Å². The Kier molecular flexibility index (Phi) is 10.9. The summed E-state index contributed by atoms with van der Waals surface area (Å²) in [5, 5.41) is 8.50. The number of piperazine rings is 1. The van der Waals surface area contributed by atoms with Crippen molar-refractivity contribution in [3.05, 3.63) is 23.9 Å². The van der Waals surface area contributed by atoms with E-state index in [2.05, 4.69) is 4.98 Å². The molecule has 0 bridgehead atoms. The number of amides is 2. The van der Waals surface area contributed by atoms with E-state index in [1.807, 2.05) is 13.0 Å². The molecular formula is C24H32N4O7S2. The van der Waals surface area contributed by atoms with E-state index in [1.54, 1.807) is 18.3 Å². The van der Waals surface area contributed by atoms with Gasteiger partial charge in [0.15, 0.2) is 9.74 Å². The molecule has 1 aliphatic rings. The van der Waals surface area contributed by atoms with Crippen molar-refractivity contribution in [1.29, 1.82) is 5.26 Å². The molecule has 1 aromatic rings. The van der Waals surface area contributed by atoms with E-state index >= 15 is 0 Å². The Hall–Kier alpha value is -2.66. The van der Waals surface area contributed by atoms with Gasteiger partial charge >= 0.3 is 0 Å². The number of carbonyl (C=O) groups is 4. The van der Waals surface area contributed by atoms with Gasteiger partial charge in [-0.1, -0.05) is 13.0 Å². The maximum Gasteiger partial charge on any atom is 0.261 e. The monoisotopic (exact) mass is 552 g/mol. The molecule has 1 aromatic heterocycles. The lowest BCUT2D eigenvalue weighted by molar-refractivity contribution is -0.168. The van der Waals surface area contributed by atoms with E-state index in [1.165, 1.54) is 45.1 Å². The van der Waals surface area contributed by atoms with Gasteiger partial charge < -0.3 is 24.0 Å². The third-order valence-electron chi connectivity index (χ3n) is 6.03. The standard InChI is InChI=1S/C24H32N4O7S2/c1-7-17(16-9-10-18(35-6)26-13-16)28-21(31)23(2,36-19(29)14-33-4)27(3)22(32)24(28,11-8-12-25)37-20(30)15-34-5/h9-10,13,17H,7-8,11,14-15H2,1-6H3/t17?,23-,24?/m0/s1. The molecule has 2 unspecified atom stereocenters. The van der Waals surface area contributed by atoms with Gasteiger partial charge in [-0.2, -0.15) is 5.26 Å². The van der Waals surface area contributed by atoms with Crippen LogP contribution in [-0.2, 0) is 28.7 Å². The number of nitrogens with zero attached hydrogens (tertiary/aromatic N) is 4. The van der Waals surface area contributed by atoms with Crippen molar-refractivity contribution in [2.24, 2.45) is 0 Å². The van der Waals surface area contributed by atoms with E-state index in [4.69, 9.17) is 14.2 Å². The van der Waals surface area contributed by atoms with Gasteiger partial charge in [-0.05, 0) is 42.4 Å². The number of carbonyl (C=O) groups excluding carboxylic acids is 4. The van der Waals surface area contributed by atoms with Crippen molar-refractivity contribution in [2.75, 3.05) is 41.6 Å². The molecule has 2 amide bonds. The van der Waals surface area contributed by atoms with E-state index in [0.717, 1.165) is 0 Å². The Labute approximate surface area is 225 Å². The number of hydrogen-bond donors (Lipinski definition) is 0. The van der Waals surface area contributed by atoms with Gasteiger partial charge in [-0.25, -0.2) is 4.98 Å². The molecule has 37 heavy (non-hydrogen) atoms. The topological polar surface area (TPSA) is 139 Å². The number of pyridine rings is 1. The maximum absolute atomic E-state index is 14.4. The Morgan fingerprint density at radius 3 is 2.22 bits per heavy atom. The highest BCUT2D eigenvalue weighted by molar-refractivity contribution is 8.16. The zero-order valence-corrected chi connectivity index (χ0v) is 23.4. The lowest BCUT2D eigenvalue weighted by atomic mass is 9.94. The molecule has 1 aliphatic heterocycles. The lowest BCUT2D eigenvalue weighted by Gasteiger charge is -2.56. The maximum atomic E-state index is 14.4. The zero-order chi connectivity index (χ0) is 27.8. The molecule has 2 heterocycles. The number of aromatic nitrogens is 1. The van der Waals surface area contributed by atoms with Crippen LogP contribution in [-0.4, -0.2) is 88.2 Å². The fourth-order valence-electron chi connectivity index (χ4n) is 4.17. The summed E-state index contributed by atoms with van der Waals surface area (Å²) in [5.41, 5.74) is 0.602. The molecule has 2 rings (SSSR count). The second-order valence-electron chi connectivity index (χ2n) is 8.34. The smallest absolute Gasteiger partial charge is 0.261 e. The number of nitriles is 1. The minimum absolute atomic E-state index is 0.0968. The first-order valence-electron chi connectivity index (χ1n) is 11.5. The summed E-state index contributed by atoms with van der Waals surface area (Å²) >= 11 is 1.35. The third kappa shape index (κ3) is 6.26. The van der Waals surface area contributed by atoms with Crippen LogP contribution in [0.3, 0.4) is 0 Å². The Morgan fingerprint density at radius 1 is 1.11 bits per heavy atom. The highest BCUT2D eigenvalue weighted by Crippen LogP contribution is 2.50. The van der Waals surface area contributed by atoms with Crippen molar-refractivity contribution >= 4 is 45.6 Å². The number of rotatable bonds is 12. The number of methoxy groups -OCH3 is 3. The summed E-state index contributed by atoms with van der Waals surface area (Å²) in [6, 6.07) is 4.69. The molecule has 0 radical (unpaired) electrons. The fourth-order valence-corrected chi connectivity index (χ4v) is 6.49. The van der Waals surface area contributed by atoms with Crippen molar-refractivity contribution in [1.82, 2.24) is 14.8 Å². The fraction of sp³-hybridized carbons (Fsp3) is 0.583. The normalized spacial score (nSPS) is 22.5. The van der Waals surface area contributed by atoms with Crippen LogP contribution in [0, 0.1) is 11.3 Å². The quantitative estimate of drug-likeness (QED) is 0.377. The largest absolute Gasteiger partial charge is 0.481 e. The molecule has 0 aliphatic carbocycles. The van der Waals surface area contributed by atoms with Crippen molar-refractivity contribution in [2.45, 2.75) is 48.9 Å². The van der Waals surface area contributed by atoms with Gasteiger partial charge in [0.2, 0.25) is 16.1 Å². The first kappa shape index (κ1) is 30.6. The Morgan fingerprint density at radius 2 is 1.73 bits per heavy atom. The predicted octanol–water partition coefficient (Wildman–Crippen LogP) is 2.37. The molecular weight excluding hydrogens is 520 g/mol. The minimum Gasteiger partial charge on any atom is -0.481 e. The van der Waals surface area contributed by atoms with Gasteiger partial charge in [0, 0.05) is 46.4 Å². The molecule has 0 aromatic carbocycles. The zero-order valence-electron chi connectivity index (χ0n) is 21.8. The second kappa shape index (κ2) is 13.2. The van der Waals surface area contributed by atoms with Crippen LogP contribution in [0.4, 0.5) is 0 Å². The highest BCUT2D eigenvalue weighted by atomic mass is 32.2. The Bertz CT molecular complexity index is 1050. The lowest BCUT2D eigenvalue weighted by Crippen LogP contribution is -2.73. The van der Waals surface area contributed by atoms with Crippen LogP contribution in [0.1, 0.15) is 44.7 Å². The predicted molar refractivity (Wildman–Crippen MR) is 138 cm³/mol. The first-order valence-corrected chi connectivity index (χ1v) is 13.1. The van der Waals surface area contributed by atoms with Crippen LogP contribution in [0.15, 0.2) is 18.3 Å². The summed E-state index contributed by atoms with van der Waals surface area (Å²) in [4.78, 5) is 57.5. The summed E-state index contributed by atoms with van der Waals surface area (Å²) in [5.74, 6) is -0.760. The molecule has 0 N–H and O–H groups in total. The second-order valence-corrected chi connectivity index (χ2v) is 11.1. The minimum atomic E-state index is -1.75. The average molecular weight is 553 g/mol. The third-order valence-corrected chi connectivity index (χ3v) is 8.48. The number of thioether (sulfide) groups is 2. The van der Waals surface area contributed by atoms with E-state index < -0.39 is 37.8 Å². The van der Waals surface area contributed by atoms with Crippen LogP contribution in [0.25, 0.3) is 0 Å². The number of likely N-dealkylation sites (N-methyl/N-ethyl adjacent to an activating group) is 1. The molecule has 1 fully saturated rings. The molecule has 202 valence electrons. The van der Waals surface area contributed by atoms with Gasteiger partial charge in [0.05, 0.1) is 19.2 Å². The Balaban J connectivity index is 2.78. The summed E-state index contributed by atoms with van der Waals surface area (Å²) < 4.78 is 15.1. The first-order chi connectivity index (χ1) is 17.6. The average Bonchev–Trinajstić information content (AvgIpc) is 2.88. The molecule has 0 saturated carbocycles. The van der Waals surface area contributed by atoms with Crippen LogP contribution >= 0.6 is 23.5 Å². The SMILES string of the molecule is CCC(c1ccc(OC)nc1)N1C(=O)[C@](C)(SC(=O)COC)N(C)C(=O)C1(CCC#N)SC(=O)COC. The van der Waals surface area contributed by atoms with Crippen molar-refractivity contribution in [3.63, 3.8) is 0 Å². The molecule has 0 spiro atoms. The van der Waals surface area contributed by atoms with Gasteiger partial charge in [0.25, 0.3) is 11.8 Å². The molecule has 3 atom stereocenters. The highest BCUT2D eigenvalue weighted by Gasteiger charge is 2.63. The number of hydrogen-bond acceptors (Lipinski definition) is 11. The number of ether oxygens (including phenoxy) is 3. The van der Waals surface area contributed by atoms with Crippen LogP contribution < -0.4 is 4.74 Å². The van der Waals surface area contributed by atoms with Gasteiger partial charge in [-0.15, -0.1) is 0 Å². The molecule has 11 nitrogen and oxygen atoms in total. The summed E-state index contributed by atoms with van der Waals surface area (Å²) in [7, 11) is 5.61. The van der Waals surface area contributed by atoms with Crippen molar-refractivity contribution < 1.29 is 33.4 Å². The van der Waals surface area contributed by atoms with E-state index in [0.29, 0.717) is 41.4 Å². The van der Waals surface area contributed by atoms with E-state index in [-0.39, 0.29) is 26.1 Å². The molecule has 1 saturated heterocycles. The van der Waals surface area contributed by atoms with Crippen molar-refractivity contribution in [3.8, 4) is 11.9 Å². The summed E-state index contributed by atoms with van der Waals surface area (Å²) in [6.45, 7) is 2.78. The summed E-state index contributed by atoms with van der Waals surface area (Å²) in [6.07, 6.45) is 1.70. The van der Waals surface area contributed by atoms with E-state index in [9.17, 15) is 24.4 Å². The van der Waals surface area contributed by atoms with Gasteiger partial charge in [0.1, 0.15) is 13.2 Å². The van der Waals surface area contributed by atoms with Gasteiger partial charge in [-0.3, -0.25) is 19.2 Å². The molecule has 13 heteroatoms. The van der Waals surface area contributed by atoms with Crippen LogP contribution in [0.5, 0.6) is 5.88 Å².